The largest absolute Gasteiger partial charge is 0.484 e. The predicted octanol–water partition coefficient (Wildman–Crippen LogP) is 6.23. The SMILES string of the molecule is O=C(NCCOCCOCCNS(=O)(=O)c1ccc(O[C@H]2c3ccccc3C[C@@H]2N2CCCCC2)cc1)c1ccc(C(=O)NCCOCCOCCNS(=O)(=O)c2ccc(O[C@H]3c4ccccc4C[C@@H]3N3CCCCC3)cc2)cc1. The van der Waals surface area contributed by atoms with E-state index in [0.29, 0.717) is 22.6 Å². The number of nitrogens with one attached hydrogen (secondary N) is 4. The van der Waals surface area contributed by atoms with Crippen LogP contribution in [0, 0.1) is 0 Å². The van der Waals surface area contributed by atoms with Crippen molar-refractivity contribution in [2.24, 2.45) is 0 Å². The lowest BCUT2D eigenvalue weighted by atomic mass is 10.0. The Bertz CT molecular complexity index is 2790. The van der Waals surface area contributed by atoms with Crippen molar-refractivity contribution in [2.45, 2.75) is 85.4 Å². The number of rotatable bonds is 30. The summed E-state index contributed by atoms with van der Waals surface area (Å²) < 4.78 is 92.5. The third kappa shape index (κ3) is 16.2. The van der Waals surface area contributed by atoms with E-state index in [0.717, 1.165) is 39.0 Å². The number of hydrogen-bond acceptors (Lipinski definition) is 14. The summed E-state index contributed by atoms with van der Waals surface area (Å²) in [5, 5.41) is 5.57. The minimum Gasteiger partial charge on any atom is -0.484 e. The predicted molar refractivity (Wildman–Crippen MR) is 303 cm³/mol. The average molecular weight is 1140 g/mol. The van der Waals surface area contributed by atoms with Crippen molar-refractivity contribution in [3.63, 3.8) is 0 Å². The first-order valence-electron chi connectivity index (χ1n) is 28.2. The fourth-order valence-electron chi connectivity index (χ4n) is 10.9. The summed E-state index contributed by atoms with van der Waals surface area (Å²) in [6.45, 7) is 6.74. The maximum atomic E-state index is 13.0. The summed E-state index contributed by atoms with van der Waals surface area (Å²) in [5.41, 5.74) is 5.77. The van der Waals surface area contributed by atoms with E-state index in [1.165, 1.54) is 60.8 Å². The number of carbonyl (C=O) groups is 2. The molecule has 18 nitrogen and oxygen atoms in total. The van der Waals surface area contributed by atoms with Crippen molar-refractivity contribution in [2.75, 3.05) is 105 Å². The van der Waals surface area contributed by atoms with Gasteiger partial charge >= 0.3 is 0 Å². The standard InChI is InChI=1S/C60H76N6O12S2/c67-59(61-27-35-73-39-41-75-37-29-63-79(69,70)51-23-19-49(20-24-51)77-57-53-13-5-3-11-47(53)43-55(57)65-31-7-1-8-32-65)45-15-17-46(18-16-45)60(68)62-28-36-74-40-42-76-38-30-64-80(71,72)52-25-21-50(22-26-52)78-58-54-14-6-4-12-48(54)44-56(58)66-33-9-2-10-34-66/h3-6,11-26,55-58,63-64H,1-2,7-10,27-44H2,(H,61,67)(H,62,68)/t55-,56-,57-,58-/m0/s1. The van der Waals surface area contributed by atoms with Crippen LogP contribution in [0.15, 0.2) is 131 Å². The van der Waals surface area contributed by atoms with Crippen molar-refractivity contribution in [3.05, 3.63) is 155 Å². The van der Waals surface area contributed by atoms with Gasteiger partial charge in [-0.2, -0.15) is 0 Å². The van der Waals surface area contributed by atoms with Gasteiger partial charge in [-0.15, -0.1) is 0 Å². The molecular formula is C60H76N6O12S2. The average Bonchev–Trinajstić information content (AvgIpc) is 4.07. The molecule has 80 heavy (non-hydrogen) atoms. The minimum atomic E-state index is -3.76. The van der Waals surface area contributed by atoms with Crippen LogP contribution < -0.4 is 29.6 Å². The Hall–Kier alpha value is -5.78. The van der Waals surface area contributed by atoms with E-state index in [-0.39, 0.29) is 125 Å². The van der Waals surface area contributed by atoms with Gasteiger partial charge in [-0.3, -0.25) is 19.4 Å². The molecule has 5 aromatic carbocycles. The van der Waals surface area contributed by atoms with Gasteiger partial charge in [-0.05, 0) is 160 Å². The zero-order chi connectivity index (χ0) is 55.6. The number of likely N-dealkylation sites (tertiary alicyclic amines) is 2. The van der Waals surface area contributed by atoms with E-state index >= 15 is 0 Å². The molecule has 5 aromatic rings. The number of amides is 2. The van der Waals surface area contributed by atoms with Gasteiger partial charge in [0.2, 0.25) is 20.0 Å². The third-order valence-corrected chi connectivity index (χ3v) is 18.0. The number of sulfonamides is 2. The summed E-state index contributed by atoms with van der Waals surface area (Å²) in [6.07, 6.45) is 8.95. The van der Waals surface area contributed by atoms with Crippen LogP contribution in [0.25, 0.3) is 0 Å². The van der Waals surface area contributed by atoms with Gasteiger partial charge in [0.25, 0.3) is 11.8 Å². The van der Waals surface area contributed by atoms with Gasteiger partial charge in [0, 0.05) is 37.3 Å². The van der Waals surface area contributed by atoms with Crippen LogP contribution in [0.2, 0.25) is 0 Å². The summed E-state index contributed by atoms with van der Waals surface area (Å²) in [4.78, 5) is 30.7. The Labute approximate surface area is 471 Å². The van der Waals surface area contributed by atoms with E-state index in [4.69, 9.17) is 28.4 Å². The normalized spacial score (nSPS) is 19.5. The lowest BCUT2D eigenvalue weighted by Crippen LogP contribution is -2.43. The van der Waals surface area contributed by atoms with Gasteiger partial charge in [-0.25, -0.2) is 26.3 Å². The third-order valence-electron chi connectivity index (χ3n) is 15.1. The monoisotopic (exact) mass is 1140 g/mol. The number of ether oxygens (including phenoxy) is 6. The zero-order valence-corrected chi connectivity index (χ0v) is 47.1. The minimum absolute atomic E-state index is 0.0860. The van der Waals surface area contributed by atoms with Crippen LogP contribution in [0.4, 0.5) is 0 Å². The van der Waals surface area contributed by atoms with Crippen LogP contribution in [-0.4, -0.2) is 156 Å². The number of benzene rings is 5. The molecule has 9 rings (SSSR count). The molecule has 4 N–H and O–H groups in total. The summed E-state index contributed by atoms with van der Waals surface area (Å²) in [6, 6.07) is 36.8. The smallest absolute Gasteiger partial charge is 0.251 e. The van der Waals surface area contributed by atoms with E-state index in [1.807, 2.05) is 12.1 Å². The quantitative estimate of drug-likeness (QED) is 0.0376. The first-order valence-corrected chi connectivity index (χ1v) is 31.1. The second-order valence-corrected chi connectivity index (χ2v) is 24.0. The number of hydrogen-bond donors (Lipinski definition) is 4. The van der Waals surface area contributed by atoms with Gasteiger partial charge < -0.3 is 39.1 Å². The van der Waals surface area contributed by atoms with E-state index in [1.54, 1.807) is 72.8 Å². The van der Waals surface area contributed by atoms with Gasteiger partial charge in [0.15, 0.2) is 0 Å². The van der Waals surface area contributed by atoms with Crippen LogP contribution >= 0.6 is 0 Å². The number of fused-ring (bicyclic) bond motifs is 2. The Morgan fingerprint density at radius 2 is 0.775 bits per heavy atom. The van der Waals surface area contributed by atoms with Gasteiger partial charge in [0.05, 0.1) is 74.7 Å². The van der Waals surface area contributed by atoms with Crippen molar-refractivity contribution in [3.8, 4) is 11.5 Å². The molecule has 2 amide bonds. The van der Waals surface area contributed by atoms with E-state index in [9.17, 15) is 26.4 Å². The first-order chi connectivity index (χ1) is 39.0. The fourth-order valence-corrected chi connectivity index (χ4v) is 13.0. The molecule has 2 saturated heterocycles. The van der Waals surface area contributed by atoms with Crippen molar-refractivity contribution in [1.29, 1.82) is 0 Å². The highest BCUT2D eigenvalue weighted by Gasteiger charge is 2.40. The second kappa shape index (κ2) is 29.3. The van der Waals surface area contributed by atoms with E-state index in [2.05, 4.69) is 66.3 Å². The number of carbonyl (C=O) groups excluding carboxylic acids is 2. The molecule has 0 bridgehead atoms. The van der Waals surface area contributed by atoms with Crippen molar-refractivity contribution in [1.82, 2.24) is 29.9 Å². The molecule has 2 aliphatic heterocycles. The van der Waals surface area contributed by atoms with Crippen LogP contribution in [0.1, 0.15) is 93.7 Å². The Kier molecular flexibility index (Phi) is 21.5. The summed E-state index contributed by atoms with van der Waals surface area (Å²) >= 11 is 0. The van der Waals surface area contributed by atoms with Crippen LogP contribution in [0.3, 0.4) is 0 Å². The molecule has 0 radical (unpaired) electrons. The van der Waals surface area contributed by atoms with Gasteiger partial charge in [0.1, 0.15) is 23.7 Å². The zero-order valence-electron chi connectivity index (χ0n) is 45.4. The Balaban J connectivity index is 0.569. The molecule has 2 fully saturated rings. The summed E-state index contributed by atoms with van der Waals surface area (Å²) in [7, 11) is -7.52. The number of piperidine rings is 2. The van der Waals surface area contributed by atoms with Crippen LogP contribution in [0.5, 0.6) is 11.5 Å². The molecule has 0 spiro atoms. The lowest BCUT2D eigenvalue weighted by Gasteiger charge is -2.35. The highest BCUT2D eigenvalue weighted by atomic mass is 32.2. The first kappa shape index (κ1) is 58.9. The van der Waals surface area contributed by atoms with E-state index < -0.39 is 20.0 Å². The summed E-state index contributed by atoms with van der Waals surface area (Å²) in [5.74, 6) is 0.627. The molecular weight excluding hydrogens is 1060 g/mol. The Morgan fingerprint density at radius 1 is 0.425 bits per heavy atom. The molecule has 4 atom stereocenters. The molecule has 0 saturated carbocycles. The molecule has 2 heterocycles. The Morgan fingerprint density at radius 3 is 1.15 bits per heavy atom. The van der Waals surface area contributed by atoms with Crippen molar-refractivity contribution < 1.29 is 54.8 Å². The van der Waals surface area contributed by atoms with Crippen LogP contribution in [-0.2, 0) is 51.8 Å². The van der Waals surface area contributed by atoms with Crippen molar-refractivity contribution >= 4 is 31.9 Å². The molecule has 0 aromatic heterocycles. The highest BCUT2D eigenvalue weighted by Crippen LogP contribution is 2.41. The number of nitrogens with zero attached hydrogens (tertiary/aromatic N) is 2. The molecule has 20 heteroatoms. The maximum Gasteiger partial charge on any atom is 0.251 e. The topological polar surface area (TPSA) is 212 Å². The molecule has 430 valence electrons. The maximum absolute atomic E-state index is 13.0. The fraction of sp³-hybridized carbons (Fsp3) is 0.467. The lowest BCUT2D eigenvalue weighted by molar-refractivity contribution is 0.0503. The molecule has 4 aliphatic rings. The second-order valence-electron chi connectivity index (χ2n) is 20.5. The highest BCUT2D eigenvalue weighted by molar-refractivity contribution is 7.89. The molecule has 0 unspecified atom stereocenters. The molecule has 2 aliphatic carbocycles. The van der Waals surface area contributed by atoms with Gasteiger partial charge in [-0.1, -0.05) is 61.4 Å².